The molecule has 0 spiro atoms. The Morgan fingerprint density at radius 1 is 1.11 bits per heavy atom. The number of Topliss-reactive ketones (excluding diaryl/α,β-unsaturated/α-hetero) is 1. The van der Waals surface area contributed by atoms with Gasteiger partial charge in [-0.15, -0.1) is 0 Å². The summed E-state index contributed by atoms with van der Waals surface area (Å²) in [5.74, 6) is -0.481. The fourth-order valence-electron chi connectivity index (χ4n) is 2.48. The number of ketones is 1. The molecule has 2 aromatic rings. The largest absolute Gasteiger partial charge is 0.350 e. The van der Waals surface area contributed by atoms with E-state index in [1.807, 2.05) is 31.2 Å². The molecule has 6 nitrogen and oxygen atoms in total. The van der Waals surface area contributed by atoms with Crippen molar-refractivity contribution in [1.29, 1.82) is 0 Å². The van der Waals surface area contributed by atoms with Crippen LogP contribution >= 0.6 is 15.9 Å². The van der Waals surface area contributed by atoms with Gasteiger partial charge in [0.2, 0.25) is 15.9 Å². The summed E-state index contributed by atoms with van der Waals surface area (Å²) in [6, 6.07) is 13.1. The van der Waals surface area contributed by atoms with Crippen molar-refractivity contribution in [2.45, 2.75) is 31.2 Å². The van der Waals surface area contributed by atoms with E-state index < -0.39 is 10.0 Å². The molecule has 0 bridgehead atoms. The van der Waals surface area contributed by atoms with E-state index in [1.54, 1.807) is 6.07 Å². The lowest BCUT2D eigenvalue weighted by Crippen LogP contribution is -2.32. The molecule has 2 aromatic carbocycles. The minimum absolute atomic E-state index is 0.000418. The zero-order valence-corrected chi connectivity index (χ0v) is 17.4. The van der Waals surface area contributed by atoms with Crippen LogP contribution in [0.2, 0.25) is 0 Å². The molecule has 1 unspecified atom stereocenters. The Labute approximate surface area is 167 Å². The second-order valence-corrected chi connectivity index (χ2v) is 8.66. The Hall–Kier alpha value is -2.03. The van der Waals surface area contributed by atoms with Gasteiger partial charge in [0.15, 0.2) is 5.78 Å². The Morgan fingerprint density at radius 3 is 2.48 bits per heavy atom. The Kier molecular flexibility index (Phi) is 7.29. The number of benzene rings is 2. The second kappa shape index (κ2) is 9.25. The Morgan fingerprint density at radius 2 is 1.81 bits per heavy atom. The SMILES string of the molecule is CC(=O)c1cccc(S(=O)(=O)NCCC(=O)NC(C)c2ccccc2Br)c1. The van der Waals surface area contributed by atoms with Crippen LogP contribution in [0.15, 0.2) is 57.9 Å². The summed E-state index contributed by atoms with van der Waals surface area (Å²) in [4.78, 5) is 23.5. The number of carbonyl (C=O) groups is 2. The number of hydrogen-bond donors (Lipinski definition) is 2. The lowest BCUT2D eigenvalue weighted by atomic mass is 10.1. The number of rotatable bonds is 8. The summed E-state index contributed by atoms with van der Waals surface area (Å²) in [6.45, 7) is 3.19. The molecular formula is C19H21BrN2O4S. The third-order valence-electron chi connectivity index (χ3n) is 3.94. The van der Waals surface area contributed by atoms with Crippen LogP contribution in [0.25, 0.3) is 0 Å². The molecule has 8 heteroatoms. The highest BCUT2D eigenvalue weighted by Gasteiger charge is 2.16. The molecule has 2 rings (SSSR count). The first-order valence-corrected chi connectivity index (χ1v) is 10.6. The van der Waals surface area contributed by atoms with Gasteiger partial charge in [0, 0.05) is 23.0 Å². The number of carbonyl (C=O) groups excluding carboxylic acids is 2. The lowest BCUT2D eigenvalue weighted by Gasteiger charge is -2.16. The standard InChI is InChI=1S/C19H21BrN2O4S/c1-13(17-8-3-4-9-18(17)20)22-19(24)10-11-21-27(25,26)16-7-5-6-15(12-16)14(2)23/h3-9,12-13,21H,10-11H2,1-2H3,(H,22,24). The second-order valence-electron chi connectivity index (χ2n) is 6.04. The average Bonchev–Trinajstić information content (AvgIpc) is 2.62. The maximum absolute atomic E-state index is 12.3. The van der Waals surface area contributed by atoms with Gasteiger partial charge in [-0.1, -0.05) is 46.3 Å². The Balaban J connectivity index is 1.91. The van der Waals surface area contributed by atoms with E-state index in [-0.39, 0.29) is 35.6 Å². The van der Waals surface area contributed by atoms with Crippen LogP contribution in [-0.2, 0) is 14.8 Å². The number of nitrogens with one attached hydrogen (secondary N) is 2. The van der Waals surface area contributed by atoms with Crippen LogP contribution < -0.4 is 10.0 Å². The van der Waals surface area contributed by atoms with E-state index in [1.165, 1.54) is 25.1 Å². The van der Waals surface area contributed by atoms with Gasteiger partial charge in [-0.05, 0) is 37.6 Å². The van der Waals surface area contributed by atoms with Crippen molar-refractivity contribution in [3.63, 3.8) is 0 Å². The minimum Gasteiger partial charge on any atom is -0.350 e. The van der Waals surface area contributed by atoms with E-state index in [9.17, 15) is 18.0 Å². The average molecular weight is 453 g/mol. The van der Waals surface area contributed by atoms with Gasteiger partial charge in [0.05, 0.1) is 10.9 Å². The van der Waals surface area contributed by atoms with Crippen molar-refractivity contribution < 1.29 is 18.0 Å². The molecule has 0 aromatic heterocycles. The highest BCUT2D eigenvalue weighted by atomic mass is 79.9. The number of sulfonamides is 1. The fourth-order valence-corrected chi connectivity index (χ4v) is 4.19. The smallest absolute Gasteiger partial charge is 0.240 e. The Bertz CT molecular complexity index is 944. The third kappa shape index (κ3) is 5.98. The van der Waals surface area contributed by atoms with Gasteiger partial charge in [0.1, 0.15) is 0 Å². The van der Waals surface area contributed by atoms with Crippen LogP contribution in [0.5, 0.6) is 0 Å². The zero-order valence-electron chi connectivity index (χ0n) is 15.0. The number of halogens is 1. The van der Waals surface area contributed by atoms with Crippen molar-refractivity contribution in [2.75, 3.05) is 6.54 Å². The van der Waals surface area contributed by atoms with Gasteiger partial charge in [-0.2, -0.15) is 0 Å². The van der Waals surface area contributed by atoms with Crippen molar-refractivity contribution in [1.82, 2.24) is 10.0 Å². The van der Waals surface area contributed by atoms with Gasteiger partial charge in [0.25, 0.3) is 0 Å². The molecule has 0 saturated carbocycles. The number of hydrogen-bond acceptors (Lipinski definition) is 4. The molecule has 0 aliphatic rings. The molecular weight excluding hydrogens is 432 g/mol. The summed E-state index contributed by atoms with van der Waals surface area (Å²) in [7, 11) is -3.79. The molecule has 0 saturated heterocycles. The van der Waals surface area contributed by atoms with Crippen LogP contribution in [0.3, 0.4) is 0 Å². The maximum Gasteiger partial charge on any atom is 0.240 e. The quantitative estimate of drug-likeness (QED) is 0.601. The first-order valence-electron chi connectivity index (χ1n) is 8.35. The highest BCUT2D eigenvalue weighted by molar-refractivity contribution is 9.10. The van der Waals surface area contributed by atoms with Gasteiger partial charge in [-0.25, -0.2) is 13.1 Å². The molecule has 2 N–H and O–H groups in total. The lowest BCUT2D eigenvalue weighted by molar-refractivity contribution is -0.121. The zero-order chi connectivity index (χ0) is 20.0. The monoisotopic (exact) mass is 452 g/mol. The van der Waals surface area contributed by atoms with Crippen LogP contribution in [-0.4, -0.2) is 26.7 Å². The molecule has 0 aliphatic heterocycles. The summed E-state index contributed by atoms with van der Waals surface area (Å²) in [5.41, 5.74) is 1.25. The summed E-state index contributed by atoms with van der Waals surface area (Å²) < 4.78 is 27.9. The van der Waals surface area contributed by atoms with Crippen molar-refractivity contribution in [3.05, 3.63) is 64.1 Å². The third-order valence-corrected chi connectivity index (χ3v) is 6.13. The molecule has 0 fully saturated rings. The van der Waals surface area contributed by atoms with E-state index in [4.69, 9.17) is 0 Å². The summed E-state index contributed by atoms with van der Waals surface area (Å²) >= 11 is 3.44. The summed E-state index contributed by atoms with van der Waals surface area (Å²) in [6.07, 6.45) is 0.000418. The molecule has 27 heavy (non-hydrogen) atoms. The normalized spacial score (nSPS) is 12.4. The van der Waals surface area contributed by atoms with E-state index in [0.29, 0.717) is 5.56 Å². The molecule has 0 radical (unpaired) electrons. The molecule has 1 atom stereocenters. The van der Waals surface area contributed by atoms with Crippen molar-refractivity contribution >= 4 is 37.6 Å². The van der Waals surface area contributed by atoms with Gasteiger partial charge in [-0.3, -0.25) is 9.59 Å². The predicted molar refractivity (Wildman–Crippen MR) is 107 cm³/mol. The van der Waals surface area contributed by atoms with E-state index in [0.717, 1.165) is 10.0 Å². The van der Waals surface area contributed by atoms with Crippen LogP contribution in [0, 0.1) is 0 Å². The highest BCUT2D eigenvalue weighted by Crippen LogP contribution is 2.22. The first kappa shape index (κ1) is 21.3. The first-order chi connectivity index (χ1) is 12.7. The molecule has 1 amide bonds. The molecule has 0 aliphatic carbocycles. The minimum atomic E-state index is -3.79. The molecule has 0 heterocycles. The number of amides is 1. The van der Waals surface area contributed by atoms with E-state index >= 15 is 0 Å². The fraction of sp³-hybridized carbons (Fsp3) is 0.263. The predicted octanol–water partition coefficient (Wildman–Crippen LogP) is 3.20. The van der Waals surface area contributed by atoms with Gasteiger partial charge < -0.3 is 5.32 Å². The molecule has 144 valence electrons. The van der Waals surface area contributed by atoms with Gasteiger partial charge >= 0.3 is 0 Å². The maximum atomic E-state index is 12.3. The van der Waals surface area contributed by atoms with Crippen LogP contribution in [0.1, 0.15) is 42.2 Å². The van der Waals surface area contributed by atoms with Crippen molar-refractivity contribution in [3.8, 4) is 0 Å². The van der Waals surface area contributed by atoms with Crippen LogP contribution in [0.4, 0.5) is 0 Å². The van der Waals surface area contributed by atoms with Crippen molar-refractivity contribution in [2.24, 2.45) is 0 Å². The van der Waals surface area contributed by atoms with E-state index in [2.05, 4.69) is 26.0 Å². The summed E-state index contributed by atoms with van der Waals surface area (Å²) in [5, 5.41) is 2.84. The topological polar surface area (TPSA) is 92.3 Å².